The summed E-state index contributed by atoms with van der Waals surface area (Å²) in [5.74, 6) is 4.31. The third kappa shape index (κ3) is 2.95. The van der Waals surface area contributed by atoms with Gasteiger partial charge in [0.2, 0.25) is 5.95 Å². The number of hydrazine groups is 1. The monoisotopic (exact) mass is 279 g/mol. The SMILES string of the molecule is NNc1ncc([N+](=O)[O-])c(OCc2ccccc2F)n1. The Kier molecular flexibility index (Phi) is 4.01. The zero-order chi connectivity index (χ0) is 14.5. The molecule has 104 valence electrons. The highest BCUT2D eigenvalue weighted by atomic mass is 19.1. The number of anilines is 1. The second kappa shape index (κ2) is 5.89. The zero-order valence-corrected chi connectivity index (χ0v) is 10.1. The number of nitrogens with zero attached hydrogens (tertiary/aromatic N) is 3. The molecule has 0 saturated carbocycles. The minimum atomic E-state index is -0.697. The highest BCUT2D eigenvalue weighted by Gasteiger charge is 2.19. The number of rotatable bonds is 5. The van der Waals surface area contributed by atoms with Gasteiger partial charge < -0.3 is 4.74 Å². The average Bonchev–Trinajstić information content (AvgIpc) is 2.46. The summed E-state index contributed by atoms with van der Waals surface area (Å²) in [7, 11) is 0. The molecule has 0 spiro atoms. The highest BCUT2D eigenvalue weighted by Crippen LogP contribution is 2.25. The highest BCUT2D eigenvalue weighted by molar-refractivity contribution is 5.42. The number of aromatic nitrogens is 2. The van der Waals surface area contributed by atoms with Gasteiger partial charge in [-0.05, 0) is 6.07 Å². The quantitative estimate of drug-likeness (QED) is 0.482. The molecule has 0 radical (unpaired) electrons. The second-order valence-electron chi connectivity index (χ2n) is 3.67. The van der Waals surface area contributed by atoms with Crippen LogP contribution in [-0.4, -0.2) is 14.9 Å². The van der Waals surface area contributed by atoms with Gasteiger partial charge in [0.25, 0.3) is 5.88 Å². The Morgan fingerprint density at radius 2 is 2.20 bits per heavy atom. The summed E-state index contributed by atoms with van der Waals surface area (Å²) in [6.45, 7) is -0.200. The third-order valence-corrected chi connectivity index (χ3v) is 2.38. The maximum atomic E-state index is 13.4. The Hall–Kier alpha value is -2.81. The normalized spacial score (nSPS) is 10.1. The van der Waals surface area contributed by atoms with E-state index in [1.54, 1.807) is 6.07 Å². The Balaban J connectivity index is 2.24. The van der Waals surface area contributed by atoms with Crippen LogP contribution in [0.5, 0.6) is 5.88 Å². The molecule has 0 bridgehead atoms. The van der Waals surface area contributed by atoms with Crippen molar-refractivity contribution in [3.8, 4) is 5.88 Å². The van der Waals surface area contributed by atoms with Crippen molar-refractivity contribution in [2.75, 3.05) is 5.43 Å². The number of nitrogen functional groups attached to an aromatic ring is 1. The molecule has 9 heteroatoms. The number of hydrogen-bond donors (Lipinski definition) is 2. The summed E-state index contributed by atoms with van der Waals surface area (Å²) in [5, 5.41) is 10.8. The van der Waals surface area contributed by atoms with Gasteiger partial charge in [-0.3, -0.25) is 15.5 Å². The molecule has 1 heterocycles. The fourth-order valence-electron chi connectivity index (χ4n) is 1.42. The first-order chi connectivity index (χ1) is 9.61. The molecule has 3 N–H and O–H groups in total. The lowest BCUT2D eigenvalue weighted by molar-refractivity contribution is -0.386. The van der Waals surface area contributed by atoms with Gasteiger partial charge >= 0.3 is 5.69 Å². The molecular formula is C11H10FN5O3. The smallest absolute Gasteiger partial charge is 0.349 e. The summed E-state index contributed by atoms with van der Waals surface area (Å²) in [6.07, 6.45) is 0.957. The molecule has 0 saturated heterocycles. The van der Waals surface area contributed by atoms with E-state index >= 15 is 0 Å². The molecule has 0 atom stereocenters. The lowest BCUT2D eigenvalue weighted by Gasteiger charge is -2.07. The Bertz CT molecular complexity index is 637. The van der Waals surface area contributed by atoms with Gasteiger partial charge in [0, 0.05) is 5.56 Å². The van der Waals surface area contributed by atoms with E-state index in [0.29, 0.717) is 0 Å². The van der Waals surface area contributed by atoms with Gasteiger partial charge in [-0.2, -0.15) is 4.98 Å². The fraction of sp³-hybridized carbons (Fsp3) is 0.0909. The summed E-state index contributed by atoms with van der Waals surface area (Å²) >= 11 is 0. The molecule has 0 fully saturated rings. The predicted octanol–water partition coefficient (Wildman–Crippen LogP) is 1.39. The lowest BCUT2D eigenvalue weighted by atomic mass is 10.2. The van der Waals surface area contributed by atoms with Gasteiger partial charge in [-0.15, -0.1) is 0 Å². The van der Waals surface area contributed by atoms with Crippen molar-refractivity contribution in [2.45, 2.75) is 6.61 Å². The first-order valence-electron chi connectivity index (χ1n) is 5.46. The van der Waals surface area contributed by atoms with Gasteiger partial charge in [0.15, 0.2) is 0 Å². The number of nitrogens with two attached hydrogens (primary N) is 1. The van der Waals surface area contributed by atoms with Crippen molar-refractivity contribution < 1.29 is 14.1 Å². The van der Waals surface area contributed by atoms with E-state index in [1.807, 2.05) is 0 Å². The minimum absolute atomic E-state index is 0.0425. The van der Waals surface area contributed by atoms with Crippen molar-refractivity contribution in [1.82, 2.24) is 9.97 Å². The summed E-state index contributed by atoms with van der Waals surface area (Å²) in [6, 6.07) is 5.93. The van der Waals surface area contributed by atoms with Crippen LogP contribution in [0.25, 0.3) is 0 Å². The van der Waals surface area contributed by atoms with Crippen LogP contribution >= 0.6 is 0 Å². The molecule has 1 aromatic heterocycles. The largest absolute Gasteiger partial charge is 0.468 e. The molecule has 2 aromatic rings. The molecular weight excluding hydrogens is 269 g/mol. The zero-order valence-electron chi connectivity index (χ0n) is 10.1. The Morgan fingerprint density at radius 3 is 2.85 bits per heavy atom. The van der Waals surface area contributed by atoms with Gasteiger partial charge in [0.05, 0.1) is 4.92 Å². The molecule has 0 aliphatic heterocycles. The van der Waals surface area contributed by atoms with E-state index in [0.717, 1.165) is 6.20 Å². The Labute approximate surface area is 112 Å². The van der Waals surface area contributed by atoms with E-state index in [2.05, 4.69) is 15.4 Å². The maximum Gasteiger partial charge on any atom is 0.349 e. The topological polar surface area (TPSA) is 116 Å². The minimum Gasteiger partial charge on any atom is -0.468 e. The predicted molar refractivity (Wildman–Crippen MR) is 67.2 cm³/mol. The van der Waals surface area contributed by atoms with Crippen LogP contribution in [-0.2, 0) is 6.61 Å². The fourth-order valence-corrected chi connectivity index (χ4v) is 1.42. The number of ether oxygens (including phenoxy) is 1. The van der Waals surface area contributed by atoms with Crippen LogP contribution in [0, 0.1) is 15.9 Å². The third-order valence-electron chi connectivity index (χ3n) is 2.38. The molecule has 1 aromatic carbocycles. The molecule has 20 heavy (non-hydrogen) atoms. The molecule has 0 amide bonds. The van der Waals surface area contributed by atoms with Crippen LogP contribution in [0.4, 0.5) is 16.0 Å². The molecule has 8 nitrogen and oxygen atoms in total. The number of nitrogens with one attached hydrogen (secondary N) is 1. The van der Waals surface area contributed by atoms with E-state index in [1.165, 1.54) is 18.2 Å². The molecule has 2 rings (SSSR count). The maximum absolute atomic E-state index is 13.4. The molecule has 0 unspecified atom stereocenters. The van der Waals surface area contributed by atoms with E-state index in [4.69, 9.17) is 10.6 Å². The van der Waals surface area contributed by atoms with E-state index in [9.17, 15) is 14.5 Å². The lowest BCUT2D eigenvalue weighted by Crippen LogP contribution is -2.12. The van der Waals surface area contributed by atoms with Crippen molar-refractivity contribution >= 4 is 11.6 Å². The van der Waals surface area contributed by atoms with Crippen molar-refractivity contribution in [3.05, 3.63) is 52.0 Å². The van der Waals surface area contributed by atoms with Gasteiger partial charge in [-0.25, -0.2) is 15.2 Å². The second-order valence-corrected chi connectivity index (χ2v) is 3.67. The Morgan fingerprint density at radius 1 is 1.45 bits per heavy atom. The molecule has 0 aliphatic carbocycles. The van der Waals surface area contributed by atoms with Crippen molar-refractivity contribution in [1.29, 1.82) is 0 Å². The van der Waals surface area contributed by atoms with E-state index in [-0.39, 0.29) is 24.0 Å². The van der Waals surface area contributed by atoms with Gasteiger partial charge in [-0.1, -0.05) is 18.2 Å². The standard InChI is InChI=1S/C11H10FN5O3/c12-8-4-2-1-3-7(8)6-20-10-9(17(18)19)5-14-11(15-10)16-13/h1-5H,6,13H2,(H,14,15,16). The number of nitro groups is 1. The van der Waals surface area contributed by atoms with Crippen LogP contribution < -0.4 is 16.0 Å². The van der Waals surface area contributed by atoms with Crippen LogP contribution in [0.15, 0.2) is 30.5 Å². The number of hydrogen-bond acceptors (Lipinski definition) is 7. The van der Waals surface area contributed by atoms with Crippen LogP contribution in [0.3, 0.4) is 0 Å². The van der Waals surface area contributed by atoms with E-state index < -0.39 is 16.4 Å². The summed E-state index contributed by atoms with van der Waals surface area (Å²) in [5.41, 5.74) is 1.97. The van der Waals surface area contributed by atoms with Crippen LogP contribution in [0.1, 0.15) is 5.56 Å². The van der Waals surface area contributed by atoms with Crippen molar-refractivity contribution in [2.24, 2.45) is 5.84 Å². The first kappa shape index (κ1) is 13.6. The first-order valence-corrected chi connectivity index (χ1v) is 5.46. The summed E-state index contributed by atoms with van der Waals surface area (Å²) < 4.78 is 18.6. The van der Waals surface area contributed by atoms with Crippen LogP contribution in [0.2, 0.25) is 0 Å². The average molecular weight is 279 g/mol. The molecule has 0 aliphatic rings. The number of benzene rings is 1. The van der Waals surface area contributed by atoms with Gasteiger partial charge in [0.1, 0.15) is 18.6 Å². The summed E-state index contributed by atoms with van der Waals surface area (Å²) in [4.78, 5) is 17.5. The van der Waals surface area contributed by atoms with Crippen molar-refractivity contribution in [3.63, 3.8) is 0 Å². The number of halogens is 1.